The number of aromatic nitrogens is 3. The zero-order chi connectivity index (χ0) is 12.3. The molecule has 4 nitrogen and oxygen atoms in total. The molecule has 2 aromatic rings. The van der Waals surface area contributed by atoms with Crippen LogP contribution in [0.3, 0.4) is 0 Å². The zero-order valence-electron chi connectivity index (χ0n) is 10.3. The Hall–Kier alpha value is -1.01. The van der Waals surface area contributed by atoms with Gasteiger partial charge in [0.05, 0.1) is 15.6 Å². The molecule has 2 heterocycles. The maximum Gasteiger partial charge on any atom is 0.206 e. The second-order valence-electron chi connectivity index (χ2n) is 3.53. The van der Waals surface area contributed by atoms with Crippen LogP contribution in [0.25, 0.3) is 9.88 Å². The summed E-state index contributed by atoms with van der Waals surface area (Å²) in [6.07, 6.45) is 1.93. The first kappa shape index (κ1) is 12.4. The number of thiazole rings is 1. The largest absolute Gasteiger partial charge is 0.360 e. The van der Waals surface area contributed by atoms with Gasteiger partial charge >= 0.3 is 0 Å². The molecule has 0 bridgehead atoms. The highest BCUT2D eigenvalue weighted by Crippen LogP contribution is 2.34. The van der Waals surface area contributed by atoms with Crippen LogP contribution in [-0.2, 0) is 12.8 Å². The Morgan fingerprint density at radius 3 is 2.53 bits per heavy atom. The van der Waals surface area contributed by atoms with Crippen molar-refractivity contribution in [1.29, 1.82) is 0 Å². The number of anilines is 1. The number of aryl methyl sites for hydroxylation is 2. The highest BCUT2D eigenvalue weighted by atomic mass is 32.1. The van der Waals surface area contributed by atoms with Crippen LogP contribution in [0.15, 0.2) is 0 Å². The van der Waals surface area contributed by atoms with Gasteiger partial charge in [-0.3, -0.25) is 0 Å². The van der Waals surface area contributed by atoms with Crippen LogP contribution in [0.5, 0.6) is 0 Å². The summed E-state index contributed by atoms with van der Waals surface area (Å²) in [6.45, 7) is 7.19. The molecule has 92 valence electrons. The minimum Gasteiger partial charge on any atom is -0.360 e. The van der Waals surface area contributed by atoms with E-state index >= 15 is 0 Å². The maximum absolute atomic E-state index is 4.62. The van der Waals surface area contributed by atoms with E-state index in [9.17, 15) is 0 Å². The van der Waals surface area contributed by atoms with Crippen LogP contribution in [0, 0.1) is 0 Å². The molecule has 0 aliphatic heterocycles. The summed E-state index contributed by atoms with van der Waals surface area (Å²) in [7, 11) is 0. The van der Waals surface area contributed by atoms with Gasteiger partial charge in [0, 0.05) is 6.54 Å². The fourth-order valence-electron chi connectivity index (χ4n) is 1.50. The monoisotopic (exact) mass is 268 g/mol. The lowest BCUT2D eigenvalue weighted by molar-refractivity contribution is 1.00. The van der Waals surface area contributed by atoms with Crippen LogP contribution >= 0.6 is 22.7 Å². The Morgan fingerprint density at radius 1 is 1.06 bits per heavy atom. The molecule has 0 aromatic carbocycles. The summed E-state index contributed by atoms with van der Waals surface area (Å²) in [6, 6.07) is 0. The summed E-state index contributed by atoms with van der Waals surface area (Å²) in [4.78, 5) is 5.80. The third kappa shape index (κ3) is 2.63. The molecular formula is C11H16N4S2. The van der Waals surface area contributed by atoms with E-state index < -0.39 is 0 Å². The van der Waals surface area contributed by atoms with Crippen molar-refractivity contribution in [3.8, 4) is 9.88 Å². The number of rotatable bonds is 5. The highest BCUT2D eigenvalue weighted by molar-refractivity contribution is 7.23. The van der Waals surface area contributed by atoms with E-state index in [1.165, 1.54) is 9.88 Å². The van der Waals surface area contributed by atoms with Crippen molar-refractivity contribution in [2.24, 2.45) is 0 Å². The molecule has 0 aliphatic rings. The van der Waals surface area contributed by atoms with E-state index in [0.29, 0.717) is 0 Å². The van der Waals surface area contributed by atoms with Gasteiger partial charge in [0.1, 0.15) is 0 Å². The standard InChI is InChI=1S/C11H16N4S2/c1-4-7-9(16-8(5-2)13-7)10-14-15-11(17-10)12-6-3/h4-6H2,1-3H3,(H,12,15). The molecule has 1 N–H and O–H groups in total. The summed E-state index contributed by atoms with van der Waals surface area (Å²) >= 11 is 3.34. The van der Waals surface area contributed by atoms with Gasteiger partial charge in [-0.25, -0.2) is 4.98 Å². The summed E-state index contributed by atoms with van der Waals surface area (Å²) < 4.78 is 0. The molecule has 2 aromatic heterocycles. The number of hydrogen-bond acceptors (Lipinski definition) is 6. The van der Waals surface area contributed by atoms with E-state index in [4.69, 9.17) is 0 Å². The van der Waals surface area contributed by atoms with Crippen molar-refractivity contribution in [2.75, 3.05) is 11.9 Å². The van der Waals surface area contributed by atoms with Crippen molar-refractivity contribution in [2.45, 2.75) is 33.6 Å². The van der Waals surface area contributed by atoms with Crippen LogP contribution in [0.4, 0.5) is 5.13 Å². The van der Waals surface area contributed by atoms with Crippen LogP contribution < -0.4 is 5.32 Å². The first-order valence-electron chi connectivity index (χ1n) is 5.84. The molecule has 0 radical (unpaired) electrons. The van der Waals surface area contributed by atoms with E-state index in [0.717, 1.165) is 35.2 Å². The average Bonchev–Trinajstić information content (AvgIpc) is 2.94. The average molecular weight is 268 g/mol. The SMILES string of the molecule is CCNc1nnc(-c2sc(CC)nc2CC)s1. The Labute approximate surface area is 109 Å². The molecule has 0 amide bonds. The van der Waals surface area contributed by atoms with E-state index in [1.807, 2.05) is 0 Å². The lowest BCUT2D eigenvalue weighted by Gasteiger charge is -1.93. The van der Waals surface area contributed by atoms with Gasteiger partial charge < -0.3 is 5.32 Å². The number of nitrogens with zero attached hydrogens (tertiary/aromatic N) is 3. The second kappa shape index (κ2) is 5.55. The van der Waals surface area contributed by atoms with Crippen molar-refractivity contribution in [3.63, 3.8) is 0 Å². The van der Waals surface area contributed by atoms with Gasteiger partial charge in [-0.1, -0.05) is 25.2 Å². The molecule has 0 saturated heterocycles. The maximum atomic E-state index is 4.62. The fraction of sp³-hybridized carbons (Fsp3) is 0.545. The lowest BCUT2D eigenvalue weighted by atomic mass is 10.3. The predicted octanol–water partition coefficient (Wildman–Crippen LogP) is 3.22. The van der Waals surface area contributed by atoms with Crippen molar-refractivity contribution in [1.82, 2.24) is 15.2 Å². The Bertz CT molecular complexity index is 489. The molecule has 0 saturated carbocycles. The van der Waals surface area contributed by atoms with Gasteiger partial charge in [-0.15, -0.1) is 21.5 Å². The van der Waals surface area contributed by atoms with Gasteiger partial charge in [0.15, 0.2) is 5.01 Å². The molecule has 0 aliphatic carbocycles. The fourth-order valence-corrected chi connectivity index (χ4v) is 3.49. The number of nitrogens with one attached hydrogen (secondary N) is 1. The van der Waals surface area contributed by atoms with Gasteiger partial charge in [-0.05, 0) is 19.8 Å². The molecule has 2 rings (SSSR count). The Morgan fingerprint density at radius 2 is 1.88 bits per heavy atom. The predicted molar refractivity (Wildman–Crippen MR) is 73.9 cm³/mol. The molecule has 6 heteroatoms. The van der Waals surface area contributed by atoms with Gasteiger partial charge in [0.2, 0.25) is 5.13 Å². The van der Waals surface area contributed by atoms with Crippen LogP contribution in [0.1, 0.15) is 31.5 Å². The Balaban J connectivity index is 2.33. The van der Waals surface area contributed by atoms with Crippen molar-refractivity contribution < 1.29 is 0 Å². The van der Waals surface area contributed by atoms with Gasteiger partial charge in [0.25, 0.3) is 0 Å². The van der Waals surface area contributed by atoms with Crippen LogP contribution in [0.2, 0.25) is 0 Å². The highest BCUT2D eigenvalue weighted by Gasteiger charge is 2.15. The summed E-state index contributed by atoms with van der Waals surface area (Å²) in [5, 5.41) is 14.6. The van der Waals surface area contributed by atoms with Crippen molar-refractivity contribution >= 4 is 27.8 Å². The Kier molecular flexibility index (Phi) is 4.06. The molecule has 0 unspecified atom stereocenters. The minimum atomic E-state index is 0.873. The third-order valence-corrected chi connectivity index (χ3v) is 4.60. The summed E-state index contributed by atoms with van der Waals surface area (Å²) in [5.74, 6) is 0. The van der Waals surface area contributed by atoms with Crippen molar-refractivity contribution in [3.05, 3.63) is 10.7 Å². The zero-order valence-corrected chi connectivity index (χ0v) is 11.9. The van der Waals surface area contributed by atoms with E-state index in [2.05, 4.69) is 41.3 Å². The summed E-state index contributed by atoms with van der Waals surface area (Å²) in [5.41, 5.74) is 1.14. The first-order valence-corrected chi connectivity index (χ1v) is 7.48. The number of hydrogen-bond donors (Lipinski definition) is 1. The van der Waals surface area contributed by atoms with E-state index in [1.54, 1.807) is 22.7 Å². The third-order valence-electron chi connectivity index (χ3n) is 2.33. The molecule has 0 fully saturated rings. The first-order chi connectivity index (χ1) is 8.28. The van der Waals surface area contributed by atoms with Gasteiger partial charge in [-0.2, -0.15) is 0 Å². The topological polar surface area (TPSA) is 50.7 Å². The van der Waals surface area contributed by atoms with Crippen LogP contribution in [-0.4, -0.2) is 21.7 Å². The minimum absolute atomic E-state index is 0.873. The molecule has 17 heavy (non-hydrogen) atoms. The second-order valence-corrected chi connectivity index (χ2v) is 5.59. The smallest absolute Gasteiger partial charge is 0.206 e. The molecule has 0 atom stereocenters. The van der Waals surface area contributed by atoms with E-state index in [-0.39, 0.29) is 0 Å². The quantitative estimate of drug-likeness (QED) is 0.904. The normalized spacial score (nSPS) is 10.8. The molecule has 0 spiro atoms. The lowest BCUT2D eigenvalue weighted by Crippen LogP contribution is -1.94. The molecular weight excluding hydrogens is 252 g/mol.